The molecule has 1 spiro atoms. The number of hydrogen-bond acceptors (Lipinski definition) is 7. The number of piperazine rings is 1. The third-order valence-corrected chi connectivity index (χ3v) is 12.0. The van der Waals surface area contributed by atoms with Crippen LogP contribution >= 0.6 is 0 Å². The second-order valence-corrected chi connectivity index (χ2v) is 15.3. The van der Waals surface area contributed by atoms with Crippen LogP contribution in [0.3, 0.4) is 0 Å². The zero-order valence-electron chi connectivity index (χ0n) is 30.9. The maximum atomic E-state index is 13.4. The molecule has 0 radical (unpaired) electrons. The summed E-state index contributed by atoms with van der Waals surface area (Å²) >= 11 is 0. The lowest BCUT2D eigenvalue weighted by Crippen LogP contribution is -2.56. The second kappa shape index (κ2) is 14.8. The van der Waals surface area contributed by atoms with Crippen molar-refractivity contribution in [3.63, 3.8) is 0 Å². The van der Waals surface area contributed by atoms with Crippen LogP contribution in [-0.2, 0) is 25.2 Å². The third-order valence-electron chi connectivity index (χ3n) is 12.0. The van der Waals surface area contributed by atoms with Crippen molar-refractivity contribution in [2.45, 2.75) is 69.7 Å². The first-order valence-corrected chi connectivity index (χ1v) is 19.2. The van der Waals surface area contributed by atoms with Gasteiger partial charge < -0.3 is 25.0 Å². The van der Waals surface area contributed by atoms with Crippen LogP contribution in [-0.4, -0.2) is 94.8 Å². The molecular formula is C42H50N8O3. The molecule has 3 fully saturated rings. The van der Waals surface area contributed by atoms with Gasteiger partial charge in [-0.2, -0.15) is 0 Å². The summed E-state index contributed by atoms with van der Waals surface area (Å²) < 4.78 is 2.10. The van der Waals surface area contributed by atoms with E-state index < -0.39 is 0 Å². The molecule has 3 aromatic carbocycles. The number of nitrogens with zero attached hydrogens (tertiary/aromatic N) is 6. The van der Waals surface area contributed by atoms with Gasteiger partial charge in [0.05, 0.1) is 17.4 Å². The fourth-order valence-electron chi connectivity index (χ4n) is 8.39. The molecule has 4 aliphatic rings. The van der Waals surface area contributed by atoms with Gasteiger partial charge in [0, 0.05) is 95.0 Å². The maximum absolute atomic E-state index is 13.4. The fourth-order valence-corrected chi connectivity index (χ4v) is 8.39. The summed E-state index contributed by atoms with van der Waals surface area (Å²) in [6, 6.07) is 24.2. The van der Waals surface area contributed by atoms with Crippen LogP contribution in [0.4, 0.5) is 11.4 Å². The lowest BCUT2D eigenvalue weighted by atomic mass is 9.72. The highest BCUT2D eigenvalue weighted by atomic mass is 16.2. The summed E-state index contributed by atoms with van der Waals surface area (Å²) in [7, 11) is 3.53. The standard InChI is InChI=1S/C42H50N8O3/c1-46(2)41(53)33-11-7-31(8-12-33)29-49-25-26-50-37(42(49)19-4-20-42)28-43-38(50)40(52)44-27-30-9-15-34(16-10-30)45-39(51)32-13-17-36(18-14-32)48-23-21-47(22-24-48)35-5-3-6-35/h7-18,28,35H,3-6,19-27,29H2,1-2H3,(H,44,52)(H,45,51). The second-order valence-electron chi connectivity index (χ2n) is 15.3. The van der Waals surface area contributed by atoms with Gasteiger partial charge in [-0.05, 0) is 91.8 Å². The van der Waals surface area contributed by atoms with Crippen molar-refractivity contribution in [2.24, 2.45) is 0 Å². The number of hydrogen-bond donors (Lipinski definition) is 2. The zero-order chi connectivity index (χ0) is 36.5. The number of benzene rings is 3. The molecule has 276 valence electrons. The van der Waals surface area contributed by atoms with E-state index in [2.05, 4.69) is 47.0 Å². The normalized spacial score (nSPS) is 18.5. The molecule has 2 aliphatic carbocycles. The predicted molar refractivity (Wildman–Crippen MR) is 206 cm³/mol. The highest BCUT2D eigenvalue weighted by molar-refractivity contribution is 6.04. The average molecular weight is 715 g/mol. The number of carbonyl (C=O) groups is 3. The first-order chi connectivity index (χ1) is 25.8. The molecule has 11 heteroatoms. The molecule has 53 heavy (non-hydrogen) atoms. The Hall–Kier alpha value is -5.00. The Morgan fingerprint density at radius 3 is 2.08 bits per heavy atom. The van der Waals surface area contributed by atoms with E-state index >= 15 is 0 Å². The average Bonchev–Trinajstić information content (AvgIpc) is 3.58. The van der Waals surface area contributed by atoms with Gasteiger partial charge in [-0.1, -0.05) is 30.7 Å². The molecule has 2 N–H and O–H groups in total. The zero-order valence-corrected chi connectivity index (χ0v) is 30.9. The third kappa shape index (κ3) is 7.07. The number of imidazole rings is 1. The largest absolute Gasteiger partial charge is 0.369 e. The van der Waals surface area contributed by atoms with Crippen molar-refractivity contribution in [3.8, 4) is 0 Å². The topological polar surface area (TPSA) is 106 Å². The van der Waals surface area contributed by atoms with Gasteiger partial charge >= 0.3 is 0 Å². The number of aromatic nitrogens is 2. The van der Waals surface area contributed by atoms with E-state index in [1.54, 1.807) is 19.0 Å². The van der Waals surface area contributed by atoms with E-state index in [9.17, 15) is 14.4 Å². The van der Waals surface area contributed by atoms with Gasteiger partial charge in [0.1, 0.15) is 0 Å². The Morgan fingerprint density at radius 1 is 0.774 bits per heavy atom. The molecule has 0 atom stereocenters. The number of rotatable bonds is 10. The first-order valence-electron chi connectivity index (χ1n) is 19.2. The van der Waals surface area contributed by atoms with E-state index in [0.29, 0.717) is 35.7 Å². The Bertz CT molecular complexity index is 1940. The van der Waals surface area contributed by atoms with Crippen molar-refractivity contribution >= 4 is 29.1 Å². The minimum atomic E-state index is -0.193. The van der Waals surface area contributed by atoms with Crippen molar-refractivity contribution < 1.29 is 14.4 Å². The van der Waals surface area contributed by atoms with Crippen LogP contribution < -0.4 is 15.5 Å². The maximum Gasteiger partial charge on any atom is 0.287 e. The Kier molecular flexibility index (Phi) is 9.78. The van der Waals surface area contributed by atoms with Gasteiger partial charge in [-0.3, -0.25) is 24.2 Å². The van der Waals surface area contributed by atoms with Crippen LogP contribution in [0.25, 0.3) is 0 Å². The van der Waals surface area contributed by atoms with E-state index in [0.717, 1.165) is 75.8 Å². The number of nitrogens with one attached hydrogen (secondary N) is 2. The molecule has 0 unspecified atom stereocenters. The Balaban J connectivity index is 0.834. The number of anilines is 2. The van der Waals surface area contributed by atoms with Gasteiger partial charge in [0.15, 0.2) is 5.82 Å². The molecule has 4 aromatic rings. The fraction of sp³-hybridized carbons (Fsp3) is 0.429. The minimum absolute atomic E-state index is 0.000623. The van der Waals surface area contributed by atoms with E-state index in [4.69, 9.17) is 0 Å². The SMILES string of the molecule is CN(C)C(=O)c1ccc(CN2CCn3c(cnc3C(=O)NCc3ccc(NC(=O)c4ccc(N5CCN(C6CCC6)CC5)cc4)cc3)C23CCC3)cc1. The van der Waals surface area contributed by atoms with E-state index in [1.165, 1.54) is 30.5 Å². The van der Waals surface area contributed by atoms with Crippen molar-refractivity contribution in [2.75, 3.05) is 57.0 Å². The summed E-state index contributed by atoms with van der Waals surface area (Å²) in [5.74, 6) is 0.110. The van der Waals surface area contributed by atoms with Crippen LogP contribution in [0.5, 0.6) is 0 Å². The molecule has 1 aromatic heterocycles. The van der Waals surface area contributed by atoms with Crippen LogP contribution in [0.1, 0.15) is 86.7 Å². The molecule has 2 aliphatic heterocycles. The van der Waals surface area contributed by atoms with Crippen LogP contribution in [0, 0.1) is 0 Å². The highest BCUT2D eigenvalue weighted by Crippen LogP contribution is 2.49. The highest BCUT2D eigenvalue weighted by Gasteiger charge is 2.49. The number of fused-ring (bicyclic) bond motifs is 2. The molecule has 8 rings (SSSR count). The minimum Gasteiger partial charge on any atom is -0.369 e. The Morgan fingerprint density at radius 2 is 1.45 bits per heavy atom. The van der Waals surface area contributed by atoms with Crippen molar-refractivity contribution in [1.29, 1.82) is 0 Å². The molecular weight excluding hydrogens is 665 g/mol. The summed E-state index contributed by atoms with van der Waals surface area (Å²) in [6.07, 6.45) is 9.15. The molecule has 3 heterocycles. The molecule has 11 nitrogen and oxygen atoms in total. The predicted octanol–water partition coefficient (Wildman–Crippen LogP) is 5.34. The van der Waals surface area contributed by atoms with Gasteiger partial charge in [0.25, 0.3) is 17.7 Å². The summed E-state index contributed by atoms with van der Waals surface area (Å²) in [5, 5.41) is 6.07. The quantitative estimate of drug-likeness (QED) is 0.229. The molecule has 1 saturated heterocycles. The summed E-state index contributed by atoms with van der Waals surface area (Å²) in [4.78, 5) is 52.6. The van der Waals surface area contributed by atoms with Crippen LogP contribution in [0.2, 0.25) is 0 Å². The first kappa shape index (κ1) is 35.1. The van der Waals surface area contributed by atoms with E-state index in [-0.39, 0.29) is 23.3 Å². The lowest BCUT2D eigenvalue weighted by molar-refractivity contribution is -0.0217. The lowest BCUT2D eigenvalue weighted by Gasteiger charge is -2.53. The summed E-state index contributed by atoms with van der Waals surface area (Å²) in [6.45, 7) is 6.91. The summed E-state index contributed by atoms with van der Waals surface area (Å²) in [5.41, 5.74) is 6.26. The van der Waals surface area contributed by atoms with Gasteiger partial charge in [-0.15, -0.1) is 0 Å². The molecule has 3 amide bonds. The van der Waals surface area contributed by atoms with Crippen molar-refractivity contribution in [3.05, 3.63) is 113 Å². The number of amides is 3. The van der Waals surface area contributed by atoms with Crippen LogP contribution in [0.15, 0.2) is 79.0 Å². The smallest absolute Gasteiger partial charge is 0.287 e. The van der Waals surface area contributed by atoms with Gasteiger partial charge in [0.2, 0.25) is 0 Å². The van der Waals surface area contributed by atoms with E-state index in [1.807, 2.05) is 66.9 Å². The van der Waals surface area contributed by atoms with Crippen molar-refractivity contribution in [1.82, 2.24) is 29.6 Å². The molecule has 2 saturated carbocycles. The monoisotopic (exact) mass is 714 g/mol. The number of carbonyl (C=O) groups excluding carboxylic acids is 3. The van der Waals surface area contributed by atoms with Gasteiger partial charge in [-0.25, -0.2) is 4.98 Å². The molecule has 0 bridgehead atoms. The Labute approximate surface area is 312 Å².